The van der Waals surface area contributed by atoms with Crippen LogP contribution < -0.4 is 5.32 Å². The van der Waals surface area contributed by atoms with Crippen LogP contribution in [-0.2, 0) is 4.79 Å². The van der Waals surface area contributed by atoms with Gasteiger partial charge in [0.1, 0.15) is 5.76 Å². The maximum Gasteiger partial charge on any atom is 0.227 e. The number of carbonyl (C=O) groups excluding carboxylic acids is 1. The van der Waals surface area contributed by atoms with Crippen molar-refractivity contribution in [2.24, 2.45) is 5.92 Å². The molecule has 0 aliphatic heterocycles. The van der Waals surface area contributed by atoms with Gasteiger partial charge in [0.05, 0.1) is 17.7 Å². The van der Waals surface area contributed by atoms with E-state index in [1.807, 2.05) is 45.0 Å². The standard InChI is InChI=1S/C18H21ClN2O2/c1-10(16-11(2)21-23-12(16)3)18(22)20-17(13-4-5-13)14-6-8-15(19)9-7-14/h6-10,13,17H,4-5H2,1-3H3,(H,20,22)/t10-,17+/m0/s1. The van der Waals surface area contributed by atoms with E-state index in [-0.39, 0.29) is 17.9 Å². The van der Waals surface area contributed by atoms with Crippen molar-refractivity contribution in [3.8, 4) is 0 Å². The Morgan fingerprint density at radius 2 is 1.96 bits per heavy atom. The maximum atomic E-state index is 12.7. The molecular formula is C18H21ClN2O2. The molecule has 1 amide bonds. The topological polar surface area (TPSA) is 55.1 Å². The number of benzene rings is 1. The summed E-state index contributed by atoms with van der Waals surface area (Å²) in [5, 5.41) is 7.86. The normalized spacial score (nSPS) is 16.9. The molecule has 1 N–H and O–H groups in total. The molecule has 2 aromatic rings. The Labute approximate surface area is 141 Å². The monoisotopic (exact) mass is 332 g/mol. The first-order valence-electron chi connectivity index (χ1n) is 7.96. The van der Waals surface area contributed by atoms with E-state index < -0.39 is 0 Å². The van der Waals surface area contributed by atoms with Crippen LogP contribution in [0.1, 0.15) is 54.3 Å². The van der Waals surface area contributed by atoms with Crippen LogP contribution in [0.5, 0.6) is 0 Å². The number of hydrogen-bond donors (Lipinski definition) is 1. The summed E-state index contributed by atoms with van der Waals surface area (Å²) in [7, 11) is 0. The van der Waals surface area contributed by atoms with Gasteiger partial charge in [-0.2, -0.15) is 0 Å². The highest BCUT2D eigenvalue weighted by molar-refractivity contribution is 6.30. The average molecular weight is 333 g/mol. The van der Waals surface area contributed by atoms with Gasteiger partial charge in [-0.3, -0.25) is 4.79 Å². The van der Waals surface area contributed by atoms with Crippen LogP contribution in [0.4, 0.5) is 0 Å². The van der Waals surface area contributed by atoms with E-state index in [0.717, 1.165) is 29.7 Å². The maximum absolute atomic E-state index is 12.7. The first-order chi connectivity index (χ1) is 11.0. The molecule has 4 nitrogen and oxygen atoms in total. The summed E-state index contributed by atoms with van der Waals surface area (Å²) in [6.07, 6.45) is 2.29. The Kier molecular flexibility index (Phi) is 4.44. The highest BCUT2D eigenvalue weighted by Gasteiger charge is 2.35. The number of rotatable bonds is 5. The highest BCUT2D eigenvalue weighted by atomic mass is 35.5. The fraction of sp³-hybridized carbons (Fsp3) is 0.444. The molecule has 5 heteroatoms. The lowest BCUT2D eigenvalue weighted by molar-refractivity contribution is -0.123. The second kappa shape index (κ2) is 6.36. The third-order valence-electron chi connectivity index (χ3n) is 4.54. The van der Waals surface area contributed by atoms with Gasteiger partial charge < -0.3 is 9.84 Å². The molecule has 122 valence electrons. The quantitative estimate of drug-likeness (QED) is 0.887. The van der Waals surface area contributed by atoms with Crippen molar-refractivity contribution in [1.29, 1.82) is 0 Å². The second-order valence-electron chi connectivity index (χ2n) is 6.33. The summed E-state index contributed by atoms with van der Waals surface area (Å²) in [4.78, 5) is 12.7. The molecule has 1 aliphatic rings. The van der Waals surface area contributed by atoms with E-state index in [2.05, 4.69) is 10.5 Å². The first-order valence-corrected chi connectivity index (χ1v) is 8.33. The summed E-state index contributed by atoms with van der Waals surface area (Å²) in [6, 6.07) is 7.77. The van der Waals surface area contributed by atoms with Crippen LogP contribution in [0.15, 0.2) is 28.8 Å². The van der Waals surface area contributed by atoms with Crippen LogP contribution in [-0.4, -0.2) is 11.1 Å². The lowest BCUT2D eigenvalue weighted by Gasteiger charge is -2.21. The highest BCUT2D eigenvalue weighted by Crippen LogP contribution is 2.41. The summed E-state index contributed by atoms with van der Waals surface area (Å²) in [5.74, 6) is 0.942. The van der Waals surface area contributed by atoms with E-state index in [4.69, 9.17) is 16.1 Å². The van der Waals surface area contributed by atoms with Crippen LogP contribution >= 0.6 is 11.6 Å². The van der Waals surface area contributed by atoms with Crippen molar-refractivity contribution in [2.45, 2.75) is 45.6 Å². The zero-order valence-corrected chi connectivity index (χ0v) is 14.4. The molecule has 1 heterocycles. The van der Waals surface area contributed by atoms with Crippen molar-refractivity contribution in [3.63, 3.8) is 0 Å². The number of nitrogens with zero attached hydrogens (tertiary/aromatic N) is 1. The predicted octanol–water partition coefficient (Wildman–Crippen LogP) is 4.32. The van der Waals surface area contributed by atoms with Gasteiger partial charge in [0.2, 0.25) is 5.91 Å². The molecule has 0 saturated heterocycles. The van der Waals surface area contributed by atoms with Gasteiger partial charge >= 0.3 is 0 Å². The lowest BCUT2D eigenvalue weighted by Crippen LogP contribution is -2.33. The van der Waals surface area contributed by atoms with Crippen molar-refractivity contribution in [3.05, 3.63) is 51.9 Å². The van der Waals surface area contributed by atoms with Gasteiger partial charge in [-0.25, -0.2) is 0 Å². The molecule has 23 heavy (non-hydrogen) atoms. The third-order valence-corrected chi connectivity index (χ3v) is 4.79. The minimum absolute atomic E-state index is 0.00579. The molecule has 2 atom stereocenters. The van der Waals surface area contributed by atoms with Gasteiger partial charge in [-0.15, -0.1) is 0 Å². The Balaban J connectivity index is 1.78. The van der Waals surface area contributed by atoms with E-state index in [1.54, 1.807) is 0 Å². The number of aromatic nitrogens is 1. The molecule has 1 aliphatic carbocycles. The Morgan fingerprint density at radius 3 is 2.48 bits per heavy atom. The minimum Gasteiger partial charge on any atom is -0.361 e. The summed E-state index contributed by atoms with van der Waals surface area (Å²) >= 11 is 5.97. The number of carbonyl (C=O) groups is 1. The van der Waals surface area contributed by atoms with Crippen LogP contribution in [0, 0.1) is 19.8 Å². The zero-order valence-electron chi connectivity index (χ0n) is 13.6. The van der Waals surface area contributed by atoms with Crippen LogP contribution in [0.25, 0.3) is 0 Å². The van der Waals surface area contributed by atoms with E-state index in [0.29, 0.717) is 16.7 Å². The third kappa shape index (κ3) is 3.42. The first kappa shape index (κ1) is 16.1. The predicted molar refractivity (Wildman–Crippen MR) is 89.5 cm³/mol. The van der Waals surface area contributed by atoms with Gasteiger partial charge in [0.15, 0.2) is 0 Å². The molecule has 0 radical (unpaired) electrons. The SMILES string of the molecule is Cc1noc(C)c1[C@H](C)C(=O)N[C@@H](c1ccc(Cl)cc1)C1CC1. The molecular weight excluding hydrogens is 312 g/mol. The molecule has 3 rings (SSSR count). The smallest absolute Gasteiger partial charge is 0.227 e. The van der Waals surface area contributed by atoms with E-state index in [9.17, 15) is 4.79 Å². The number of hydrogen-bond acceptors (Lipinski definition) is 3. The number of amides is 1. The molecule has 0 bridgehead atoms. The van der Waals surface area contributed by atoms with Crippen molar-refractivity contribution in [1.82, 2.24) is 10.5 Å². The van der Waals surface area contributed by atoms with Gasteiger partial charge in [-0.1, -0.05) is 28.9 Å². The van der Waals surface area contributed by atoms with Crippen LogP contribution in [0.3, 0.4) is 0 Å². The van der Waals surface area contributed by atoms with Gasteiger partial charge in [0.25, 0.3) is 0 Å². The van der Waals surface area contributed by atoms with Crippen molar-refractivity contribution in [2.75, 3.05) is 0 Å². The summed E-state index contributed by atoms with van der Waals surface area (Å²) < 4.78 is 5.18. The van der Waals surface area contributed by atoms with E-state index in [1.165, 1.54) is 0 Å². The number of nitrogens with one attached hydrogen (secondary N) is 1. The minimum atomic E-state index is -0.283. The summed E-state index contributed by atoms with van der Waals surface area (Å²) in [5.41, 5.74) is 2.77. The molecule has 1 aromatic carbocycles. The second-order valence-corrected chi connectivity index (χ2v) is 6.77. The molecule has 0 spiro atoms. The Morgan fingerprint density at radius 1 is 1.30 bits per heavy atom. The molecule has 0 unspecified atom stereocenters. The average Bonchev–Trinajstić information content (AvgIpc) is 3.31. The Bertz CT molecular complexity index is 685. The zero-order chi connectivity index (χ0) is 16.6. The Hall–Kier alpha value is -1.81. The van der Waals surface area contributed by atoms with Crippen LogP contribution in [0.2, 0.25) is 5.02 Å². The summed E-state index contributed by atoms with van der Waals surface area (Å²) in [6.45, 7) is 5.61. The van der Waals surface area contributed by atoms with Gasteiger partial charge in [0, 0.05) is 10.6 Å². The largest absolute Gasteiger partial charge is 0.361 e. The fourth-order valence-corrected chi connectivity index (χ4v) is 3.22. The van der Waals surface area contributed by atoms with Crippen molar-refractivity contribution >= 4 is 17.5 Å². The van der Waals surface area contributed by atoms with Gasteiger partial charge in [-0.05, 0) is 57.2 Å². The van der Waals surface area contributed by atoms with Crippen molar-refractivity contribution < 1.29 is 9.32 Å². The lowest BCUT2D eigenvalue weighted by atomic mass is 9.96. The molecule has 1 aromatic heterocycles. The number of halogens is 1. The van der Waals surface area contributed by atoms with E-state index >= 15 is 0 Å². The molecule has 1 saturated carbocycles. The fourth-order valence-electron chi connectivity index (χ4n) is 3.09. The number of aryl methyl sites for hydroxylation is 2. The molecule has 1 fully saturated rings.